The van der Waals surface area contributed by atoms with E-state index in [0.717, 1.165) is 6.54 Å². The summed E-state index contributed by atoms with van der Waals surface area (Å²) in [5.41, 5.74) is 3.10. The Balaban J connectivity index is 0.00000128. The Labute approximate surface area is 101 Å². The van der Waals surface area contributed by atoms with E-state index in [9.17, 15) is 0 Å². The minimum atomic E-state index is 0. The zero-order valence-electron chi connectivity index (χ0n) is 10.4. The molecule has 0 amide bonds. The van der Waals surface area contributed by atoms with Crippen molar-refractivity contribution >= 4 is 8.41 Å². The Hall–Kier alpha value is -0.755. The van der Waals surface area contributed by atoms with Crippen molar-refractivity contribution in [2.45, 2.75) is 45.2 Å². The van der Waals surface area contributed by atoms with Crippen LogP contribution < -0.4 is 0 Å². The molecule has 85 valence electrons. The van der Waals surface area contributed by atoms with Crippen LogP contribution in [0.5, 0.6) is 0 Å². The first-order valence-corrected chi connectivity index (χ1v) is 6.11. The summed E-state index contributed by atoms with van der Waals surface area (Å²) in [5, 5.41) is 0. The van der Waals surface area contributed by atoms with Crippen LogP contribution in [0.4, 0.5) is 0 Å². The molecule has 2 rings (SSSR count). The van der Waals surface area contributed by atoms with Crippen LogP contribution in [0, 0.1) is 0 Å². The fourth-order valence-corrected chi connectivity index (χ4v) is 2.58. The quantitative estimate of drug-likeness (QED) is 0.548. The molecular weight excluding hydrogens is 193 g/mol. The smallest absolute Gasteiger partial charge is 0.0351 e. The zero-order chi connectivity index (χ0) is 10.7. The first kappa shape index (κ1) is 13.3. The molecule has 2 heteroatoms. The highest BCUT2D eigenvalue weighted by Crippen LogP contribution is 2.35. The predicted molar refractivity (Wildman–Crippen MR) is 70.5 cm³/mol. The second kappa shape index (κ2) is 6.10. The van der Waals surface area contributed by atoms with Gasteiger partial charge in [-0.3, -0.25) is 4.90 Å². The third-order valence-corrected chi connectivity index (χ3v) is 3.45. The van der Waals surface area contributed by atoms with E-state index in [0.29, 0.717) is 6.04 Å². The first-order chi connectivity index (χ1) is 7.33. The van der Waals surface area contributed by atoms with Gasteiger partial charge in [0.25, 0.3) is 0 Å². The molecule has 0 saturated heterocycles. The van der Waals surface area contributed by atoms with E-state index in [1.807, 2.05) is 0 Å². The Morgan fingerprint density at radius 1 is 1.25 bits per heavy atom. The molecule has 0 N–H and O–H groups in total. The molecule has 1 atom stereocenters. The summed E-state index contributed by atoms with van der Waals surface area (Å²) in [6.07, 6.45) is 5.37. The molecule has 1 heterocycles. The second-order valence-electron chi connectivity index (χ2n) is 4.63. The first-order valence-electron chi connectivity index (χ1n) is 6.11. The predicted octanol–water partition coefficient (Wildman–Crippen LogP) is 3.37. The summed E-state index contributed by atoms with van der Waals surface area (Å²) in [5.74, 6) is 0. The van der Waals surface area contributed by atoms with Gasteiger partial charge >= 0.3 is 0 Å². The van der Waals surface area contributed by atoms with Crippen LogP contribution in [0.2, 0.25) is 0 Å². The monoisotopic (exact) mass is 214 g/mol. The van der Waals surface area contributed by atoms with Gasteiger partial charge in [-0.05, 0) is 24.6 Å². The van der Waals surface area contributed by atoms with Crippen LogP contribution in [0.25, 0.3) is 0 Å². The van der Waals surface area contributed by atoms with Crippen LogP contribution in [-0.2, 0) is 6.54 Å². The van der Waals surface area contributed by atoms with E-state index in [1.54, 1.807) is 5.56 Å². The minimum Gasteiger partial charge on any atom is -0.295 e. The normalized spacial score (nSPS) is 19.2. The number of benzene rings is 1. The van der Waals surface area contributed by atoms with Crippen LogP contribution >= 0.6 is 0 Å². The Bertz CT molecular complexity index is 324. The SMILES string of the molecule is CCCCC[C@H]1c2ccccc2CN1C.[B]. The number of rotatable bonds is 4. The van der Waals surface area contributed by atoms with Crippen LogP contribution in [-0.4, -0.2) is 20.4 Å². The molecule has 1 aliphatic rings. The van der Waals surface area contributed by atoms with E-state index in [1.165, 1.54) is 31.2 Å². The zero-order valence-corrected chi connectivity index (χ0v) is 10.4. The van der Waals surface area contributed by atoms with Crippen molar-refractivity contribution in [1.82, 2.24) is 4.90 Å². The average molecular weight is 214 g/mol. The molecule has 0 aliphatic carbocycles. The Kier molecular flexibility index (Phi) is 5.07. The third kappa shape index (κ3) is 2.68. The highest BCUT2D eigenvalue weighted by Gasteiger charge is 2.25. The lowest BCUT2D eigenvalue weighted by molar-refractivity contribution is 0.250. The summed E-state index contributed by atoms with van der Waals surface area (Å²) in [4.78, 5) is 2.49. The minimum absolute atomic E-state index is 0. The van der Waals surface area contributed by atoms with E-state index in [-0.39, 0.29) is 8.41 Å². The van der Waals surface area contributed by atoms with Crippen molar-refractivity contribution in [2.24, 2.45) is 0 Å². The second-order valence-corrected chi connectivity index (χ2v) is 4.63. The molecule has 0 spiro atoms. The van der Waals surface area contributed by atoms with Gasteiger partial charge in [0, 0.05) is 21.0 Å². The molecule has 3 radical (unpaired) electrons. The molecule has 1 aliphatic heterocycles. The van der Waals surface area contributed by atoms with Crippen LogP contribution in [0.3, 0.4) is 0 Å². The number of hydrogen-bond acceptors (Lipinski definition) is 1. The van der Waals surface area contributed by atoms with Crippen molar-refractivity contribution in [1.29, 1.82) is 0 Å². The summed E-state index contributed by atoms with van der Waals surface area (Å²) >= 11 is 0. The van der Waals surface area contributed by atoms with E-state index < -0.39 is 0 Å². The lowest BCUT2D eigenvalue weighted by atomic mass is 10.00. The van der Waals surface area contributed by atoms with Gasteiger partial charge in [-0.1, -0.05) is 50.5 Å². The molecule has 1 nitrogen and oxygen atoms in total. The topological polar surface area (TPSA) is 3.24 Å². The molecule has 0 bridgehead atoms. The molecule has 1 aromatic carbocycles. The van der Waals surface area contributed by atoms with Crippen molar-refractivity contribution in [3.8, 4) is 0 Å². The molecule has 0 aromatic heterocycles. The van der Waals surface area contributed by atoms with Gasteiger partial charge in [-0.15, -0.1) is 0 Å². The summed E-state index contributed by atoms with van der Waals surface area (Å²) in [6.45, 7) is 3.40. The molecule has 0 fully saturated rings. The Morgan fingerprint density at radius 2 is 2.00 bits per heavy atom. The molecule has 0 unspecified atom stereocenters. The van der Waals surface area contributed by atoms with Crippen LogP contribution in [0.1, 0.15) is 49.8 Å². The van der Waals surface area contributed by atoms with E-state index in [4.69, 9.17) is 0 Å². The van der Waals surface area contributed by atoms with E-state index in [2.05, 4.69) is 43.1 Å². The van der Waals surface area contributed by atoms with Gasteiger partial charge in [-0.2, -0.15) is 0 Å². The number of unbranched alkanes of at least 4 members (excludes halogenated alkanes) is 2. The van der Waals surface area contributed by atoms with Gasteiger partial charge < -0.3 is 0 Å². The molecule has 1 aromatic rings. The highest BCUT2D eigenvalue weighted by molar-refractivity contribution is 5.75. The van der Waals surface area contributed by atoms with E-state index >= 15 is 0 Å². The maximum Gasteiger partial charge on any atom is 0.0351 e. The van der Waals surface area contributed by atoms with Gasteiger partial charge in [0.05, 0.1) is 0 Å². The van der Waals surface area contributed by atoms with Gasteiger partial charge in [-0.25, -0.2) is 0 Å². The molecule has 16 heavy (non-hydrogen) atoms. The fourth-order valence-electron chi connectivity index (χ4n) is 2.58. The summed E-state index contributed by atoms with van der Waals surface area (Å²) in [7, 11) is 2.25. The summed E-state index contributed by atoms with van der Waals surface area (Å²) < 4.78 is 0. The third-order valence-electron chi connectivity index (χ3n) is 3.45. The molecule has 0 saturated carbocycles. The number of fused-ring (bicyclic) bond motifs is 1. The maximum absolute atomic E-state index is 2.49. The number of nitrogens with zero attached hydrogens (tertiary/aromatic N) is 1. The Morgan fingerprint density at radius 3 is 2.75 bits per heavy atom. The standard InChI is InChI=1S/C14H21N.B/c1-3-4-5-10-14-13-9-7-6-8-12(13)11-15(14)2;/h6-9,14H,3-5,10-11H2,1-2H3;/t14-;/m0./s1. The maximum atomic E-state index is 2.49. The average Bonchev–Trinajstić information content (AvgIpc) is 2.56. The van der Waals surface area contributed by atoms with Gasteiger partial charge in [0.1, 0.15) is 0 Å². The number of hydrogen-bond donors (Lipinski definition) is 0. The van der Waals surface area contributed by atoms with Crippen molar-refractivity contribution in [3.05, 3.63) is 35.4 Å². The van der Waals surface area contributed by atoms with Crippen molar-refractivity contribution < 1.29 is 0 Å². The fraction of sp³-hybridized carbons (Fsp3) is 0.571. The van der Waals surface area contributed by atoms with Crippen LogP contribution in [0.15, 0.2) is 24.3 Å². The molecular formula is C14H21BN. The van der Waals surface area contributed by atoms with Crippen molar-refractivity contribution in [2.75, 3.05) is 7.05 Å². The lowest BCUT2D eigenvalue weighted by Gasteiger charge is -2.20. The highest BCUT2D eigenvalue weighted by atomic mass is 15.1. The van der Waals surface area contributed by atoms with Gasteiger partial charge in [0.15, 0.2) is 0 Å². The lowest BCUT2D eigenvalue weighted by Crippen LogP contribution is -2.16. The largest absolute Gasteiger partial charge is 0.295 e. The summed E-state index contributed by atoms with van der Waals surface area (Å²) in [6, 6.07) is 9.57. The van der Waals surface area contributed by atoms with Crippen molar-refractivity contribution in [3.63, 3.8) is 0 Å². The van der Waals surface area contributed by atoms with Gasteiger partial charge in [0.2, 0.25) is 0 Å².